The summed E-state index contributed by atoms with van der Waals surface area (Å²) in [5.74, 6) is -1.35. The molecule has 1 aromatic carbocycles. The van der Waals surface area contributed by atoms with E-state index in [0.29, 0.717) is 0 Å². The molecule has 0 aliphatic carbocycles. The molecule has 0 saturated carbocycles. The topological polar surface area (TPSA) is 26.3 Å². The van der Waals surface area contributed by atoms with E-state index in [9.17, 15) is 26.7 Å². The minimum Gasteiger partial charge on any atom is -0.434 e. The molecule has 1 aromatic rings. The van der Waals surface area contributed by atoms with Gasteiger partial charge in [-0.1, -0.05) is 22.0 Å². The molecule has 20 heavy (non-hydrogen) atoms. The van der Waals surface area contributed by atoms with Gasteiger partial charge in [0.05, 0.1) is 10.4 Å². The van der Waals surface area contributed by atoms with Crippen molar-refractivity contribution in [2.45, 2.75) is 28.8 Å². The van der Waals surface area contributed by atoms with Gasteiger partial charge in [-0.3, -0.25) is 4.79 Å². The molecule has 0 heterocycles. The van der Waals surface area contributed by atoms with Crippen LogP contribution in [0.2, 0.25) is 0 Å². The molecular weight excluding hydrogens is 371 g/mol. The lowest BCUT2D eigenvalue weighted by atomic mass is 10.1. The molecule has 2 nitrogen and oxygen atoms in total. The standard InChI is InChI=1S/C11H8BrF5O2S/c1-5(12)9(18)8-6(19-10(13)14)3-2-4-7(8)20-11(15,16)17/h2-5,10H,1H3. The van der Waals surface area contributed by atoms with E-state index in [4.69, 9.17) is 0 Å². The minimum absolute atomic E-state index is 0.480. The van der Waals surface area contributed by atoms with Gasteiger partial charge in [-0.25, -0.2) is 0 Å². The summed E-state index contributed by atoms with van der Waals surface area (Å²) in [5.41, 5.74) is -5.16. The van der Waals surface area contributed by atoms with Crippen LogP contribution < -0.4 is 4.74 Å². The van der Waals surface area contributed by atoms with Crippen molar-refractivity contribution in [3.05, 3.63) is 23.8 Å². The molecule has 0 fully saturated rings. The number of carbonyl (C=O) groups is 1. The molecule has 0 saturated heterocycles. The van der Waals surface area contributed by atoms with Crippen LogP contribution in [0.4, 0.5) is 22.0 Å². The van der Waals surface area contributed by atoms with Crippen LogP contribution in [0.5, 0.6) is 5.75 Å². The van der Waals surface area contributed by atoms with E-state index in [1.807, 2.05) is 0 Å². The molecule has 1 rings (SSSR count). The number of carbonyl (C=O) groups excluding carboxylic acids is 1. The Kier molecular flexibility index (Phi) is 5.81. The number of benzene rings is 1. The van der Waals surface area contributed by atoms with Crippen LogP contribution in [-0.4, -0.2) is 22.7 Å². The third-order valence-electron chi connectivity index (χ3n) is 2.04. The van der Waals surface area contributed by atoms with Gasteiger partial charge < -0.3 is 4.74 Å². The predicted molar refractivity (Wildman–Crippen MR) is 67.7 cm³/mol. The Morgan fingerprint density at radius 2 is 1.95 bits per heavy atom. The summed E-state index contributed by atoms with van der Waals surface area (Å²) in [6.45, 7) is -1.86. The molecule has 1 unspecified atom stereocenters. The highest BCUT2D eigenvalue weighted by molar-refractivity contribution is 9.10. The number of halogens is 6. The number of Topliss-reactive ketones (excluding diaryl/α,β-unsaturated/α-hetero) is 1. The first-order chi connectivity index (χ1) is 9.11. The molecular formula is C11H8BrF5O2S. The van der Waals surface area contributed by atoms with Crippen molar-refractivity contribution in [3.63, 3.8) is 0 Å². The second kappa shape index (κ2) is 6.75. The van der Waals surface area contributed by atoms with Gasteiger partial charge in [0, 0.05) is 4.90 Å². The number of hydrogen-bond acceptors (Lipinski definition) is 3. The Labute approximate surface area is 123 Å². The molecule has 0 amide bonds. The maximum Gasteiger partial charge on any atom is 0.446 e. The van der Waals surface area contributed by atoms with Crippen molar-refractivity contribution < 1.29 is 31.5 Å². The molecule has 0 bridgehead atoms. The Balaban J connectivity index is 3.32. The highest BCUT2D eigenvalue weighted by Crippen LogP contribution is 2.41. The van der Waals surface area contributed by atoms with E-state index >= 15 is 0 Å². The average molecular weight is 379 g/mol. The van der Waals surface area contributed by atoms with Gasteiger partial charge in [-0.2, -0.15) is 22.0 Å². The molecule has 0 radical (unpaired) electrons. The van der Waals surface area contributed by atoms with Crippen molar-refractivity contribution in [2.24, 2.45) is 0 Å². The van der Waals surface area contributed by atoms with Crippen LogP contribution in [0.15, 0.2) is 23.1 Å². The Morgan fingerprint density at radius 1 is 1.35 bits per heavy atom. The molecule has 0 N–H and O–H groups in total. The van der Waals surface area contributed by atoms with Crippen LogP contribution >= 0.6 is 27.7 Å². The number of ether oxygens (including phenoxy) is 1. The molecule has 0 spiro atoms. The summed E-state index contributed by atoms with van der Waals surface area (Å²) in [5, 5.41) is 0. The van der Waals surface area contributed by atoms with Crippen LogP contribution in [-0.2, 0) is 0 Å². The van der Waals surface area contributed by atoms with Gasteiger partial charge in [0.1, 0.15) is 5.75 Å². The smallest absolute Gasteiger partial charge is 0.434 e. The van der Waals surface area contributed by atoms with E-state index in [-0.39, 0.29) is 0 Å². The summed E-state index contributed by atoms with van der Waals surface area (Å²) < 4.78 is 65.9. The number of hydrogen-bond donors (Lipinski definition) is 0. The van der Waals surface area contributed by atoms with Crippen molar-refractivity contribution in [1.82, 2.24) is 0 Å². The Morgan fingerprint density at radius 3 is 2.40 bits per heavy atom. The van der Waals surface area contributed by atoms with E-state index in [1.54, 1.807) is 0 Å². The number of rotatable bonds is 5. The quantitative estimate of drug-likeness (QED) is 0.316. The summed E-state index contributed by atoms with van der Waals surface area (Å²) in [4.78, 5) is 10.6. The van der Waals surface area contributed by atoms with Gasteiger partial charge in [0.25, 0.3) is 0 Å². The molecule has 1 atom stereocenters. The lowest BCUT2D eigenvalue weighted by Crippen LogP contribution is -2.16. The highest BCUT2D eigenvalue weighted by Gasteiger charge is 2.33. The zero-order chi connectivity index (χ0) is 15.5. The van der Waals surface area contributed by atoms with Crippen molar-refractivity contribution in [2.75, 3.05) is 0 Å². The predicted octanol–water partition coefficient (Wildman–Crippen LogP) is 4.87. The van der Waals surface area contributed by atoms with Crippen LogP contribution in [0.25, 0.3) is 0 Å². The summed E-state index contributed by atoms with van der Waals surface area (Å²) >= 11 is 2.36. The highest BCUT2D eigenvalue weighted by atomic mass is 79.9. The summed E-state index contributed by atoms with van der Waals surface area (Å²) in [6.07, 6.45) is 0. The zero-order valence-electron chi connectivity index (χ0n) is 9.88. The summed E-state index contributed by atoms with van der Waals surface area (Å²) in [6, 6.07) is 3.16. The van der Waals surface area contributed by atoms with E-state index in [0.717, 1.165) is 18.2 Å². The Bertz CT molecular complexity index is 490. The SMILES string of the molecule is CC(Br)C(=O)c1c(OC(F)F)cccc1SC(F)(F)F. The largest absolute Gasteiger partial charge is 0.446 e. The molecule has 0 aliphatic heterocycles. The fourth-order valence-electron chi connectivity index (χ4n) is 1.36. The first-order valence-corrected chi connectivity index (χ1v) is 6.87. The second-order valence-electron chi connectivity index (χ2n) is 3.54. The van der Waals surface area contributed by atoms with Gasteiger partial charge in [0.15, 0.2) is 5.78 Å². The summed E-state index contributed by atoms with van der Waals surface area (Å²) in [7, 11) is 0. The van der Waals surface area contributed by atoms with Crippen LogP contribution in [0.3, 0.4) is 0 Å². The lowest BCUT2D eigenvalue weighted by Gasteiger charge is -2.15. The molecule has 0 aromatic heterocycles. The molecule has 0 aliphatic rings. The second-order valence-corrected chi connectivity index (χ2v) is 6.02. The first kappa shape index (κ1) is 17.2. The maximum atomic E-state index is 12.4. The molecule has 112 valence electrons. The van der Waals surface area contributed by atoms with Gasteiger partial charge >= 0.3 is 12.1 Å². The minimum atomic E-state index is -4.64. The van der Waals surface area contributed by atoms with E-state index in [2.05, 4.69) is 20.7 Å². The van der Waals surface area contributed by atoms with E-state index in [1.165, 1.54) is 6.92 Å². The van der Waals surface area contributed by atoms with Gasteiger partial charge in [-0.15, -0.1) is 0 Å². The third-order valence-corrected chi connectivity index (χ3v) is 3.24. The molecule has 9 heteroatoms. The average Bonchev–Trinajstić information content (AvgIpc) is 2.25. The number of ketones is 1. The monoisotopic (exact) mass is 378 g/mol. The van der Waals surface area contributed by atoms with Crippen molar-refractivity contribution >= 4 is 33.5 Å². The number of alkyl halides is 6. The van der Waals surface area contributed by atoms with Crippen LogP contribution in [0, 0.1) is 0 Å². The first-order valence-electron chi connectivity index (χ1n) is 5.13. The van der Waals surface area contributed by atoms with Crippen molar-refractivity contribution in [3.8, 4) is 5.75 Å². The van der Waals surface area contributed by atoms with E-state index < -0.39 is 50.7 Å². The fraction of sp³-hybridized carbons (Fsp3) is 0.364. The van der Waals surface area contributed by atoms with Gasteiger partial charge in [0.2, 0.25) is 0 Å². The van der Waals surface area contributed by atoms with Crippen LogP contribution in [0.1, 0.15) is 17.3 Å². The Hall–Kier alpha value is -0.830. The normalized spacial score (nSPS) is 13.4. The third kappa shape index (κ3) is 4.93. The lowest BCUT2D eigenvalue weighted by molar-refractivity contribution is -0.0503. The van der Waals surface area contributed by atoms with Gasteiger partial charge in [-0.05, 0) is 30.8 Å². The number of thioether (sulfide) groups is 1. The van der Waals surface area contributed by atoms with Crippen molar-refractivity contribution in [1.29, 1.82) is 0 Å². The maximum absolute atomic E-state index is 12.4. The fourth-order valence-corrected chi connectivity index (χ4v) is 2.28. The zero-order valence-corrected chi connectivity index (χ0v) is 12.3.